The van der Waals surface area contributed by atoms with Gasteiger partial charge in [-0.15, -0.1) is 0 Å². The third-order valence-electron chi connectivity index (χ3n) is 5.40. The van der Waals surface area contributed by atoms with Crippen molar-refractivity contribution in [1.82, 2.24) is 0 Å². The highest BCUT2D eigenvalue weighted by Gasteiger charge is 2.26. The second-order valence-electron chi connectivity index (χ2n) is 7.49. The van der Waals surface area contributed by atoms with Crippen molar-refractivity contribution in [2.75, 3.05) is 13.3 Å². The molecular formula is C23H26NO3+. The molecule has 1 aliphatic rings. The van der Waals surface area contributed by atoms with Gasteiger partial charge in [-0.2, -0.15) is 0 Å². The SMILES string of the molecule is CCCc1cc(=O)oc2c3c(ccc12)OC[NH+](C[C@H](C)c1ccccc1)C3. The molecule has 2 aromatic carbocycles. The van der Waals surface area contributed by atoms with Gasteiger partial charge in [0.25, 0.3) is 0 Å². The molecule has 0 amide bonds. The summed E-state index contributed by atoms with van der Waals surface area (Å²) in [6.07, 6.45) is 1.88. The second-order valence-corrected chi connectivity index (χ2v) is 7.49. The number of ether oxygens (including phenoxy) is 1. The third kappa shape index (κ3) is 3.62. The van der Waals surface area contributed by atoms with Crippen molar-refractivity contribution in [3.05, 3.63) is 75.6 Å². The van der Waals surface area contributed by atoms with E-state index in [-0.39, 0.29) is 5.63 Å². The molecule has 0 bridgehead atoms. The maximum Gasteiger partial charge on any atom is 0.336 e. The Bertz CT molecular complexity index is 994. The lowest BCUT2D eigenvalue weighted by molar-refractivity contribution is -0.933. The quantitative estimate of drug-likeness (QED) is 0.707. The van der Waals surface area contributed by atoms with E-state index in [1.165, 1.54) is 10.5 Å². The fourth-order valence-electron chi connectivity index (χ4n) is 4.05. The van der Waals surface area contributed by atoms with Crippen LogP contribution in [0.25, 0.3) is 11.0 Å². The number of benzene rings is 2. The number of rotatable bonds is 5. The van der Waals surface area contributed by atoms with E-state index in [0.717, 1.165) is 48.2 Å². The van der Waals surface area contributed by atoms with Gasteiger partial charge in [0.05, 0.1) is 12.1 Å². The van der Waals surface area contributed by atoms with E-state index in [1.54, 1.807) is 6.07 Å². The Kier molecular flexibility index (Phi) is 4.99. The van der Waals surface area contributed by atoms with Crippen LogP contribution in [0.1, 0.15) is 42.9 Å². The van der Waals surface area contributed by atoms with Crippen LogP contribution in [0.4, 0.5) is 0 Å². The standard InChI is InChI=1S/C23H25NO3/c1-3-7-18-12-22(25)27-23-19(18)10-11-21-20(23)14-24(15-26-21)13-16(2)17-8-5-4-6-9-17/h4-6,8-12,16H,3,7,13-15H2,1-2H3/p+1/t16-/m0/s1. The Morgan fingerprint density at radius 2 is 1.96 bits per heavy atom. The minimum absolute atomic E-state index is 0.274. The molecule has 27 heavy (non-hydrogen) atoms. The van der Waals surface area contributed by atoms with E-state index in [2.05, 4.69) is 38.1 Å². The van der Waals surface area contributed by atoms with E-state index in [1.807, 2.05) is 18.2 Å². The van der Waals surface area contributed by atoms with Crippen molar-refractivity contribution in [3.8, 4) is 5.75 Å². The van der Waals surface area contributed by atoms with Gasteiger partial charge < -0.3 is 9.15 Å². The fraction of sp³-hybridized carbons (Fsp3) is 0.348. The van der Waals surface area contributed by atoms with Crippen LogP contribution in [0.15, 0.2) is 57.7 Å². The minimum atomic E-state index is -0.274. The van der Waals surface area contributed by atoms with Crippen molar-refractivity contribution < 1.29 is 14.1 Å². The van der Waals surface area contributed by atoms with Gasteiger partial charge in [0.1, 0.15) is 12.3 Å². The van der Waals surface area contributed by atoms with Crippen LogP contribution < -0.4 is 15.3 Å². The molecule has 0 spiro atoms. The Morgan fingerprint density at radius 1 is 1.15 bits per heavy atom. The summed E-state index contributed by atoms with van der Waals surface area (Å²) in [5.41, 5.74) is 3.85. The summed E-state index contributed by atoms with van der Waals surface area (Å²) in [5.74, 6) is 1.28. The number of hydrogen-bond donors (Lipinski definition) is 1. The first kappa shape index (κ1) is 17.8. The molecule has 1 aromatic heterocycles. The average Bonchev–Trinajstić information content (AvgIpc) is 2.68. The molecule has 0 saturated heterocycles. The van der Waals surface area contributed by atoms with E-state index in [4.69, 9.17) is 9.15 Å². The van der Waals surface area contributed by atoms with Crippen LogP contribution in [0.3, 0.4) is 0 Å². The van der Waals surface area contributed by atoms with Crippen molar-refractivity contribution in [3.63, 3.8) is 0 Å². The summed E-state index contributed by atoms with van der Waals surface area (Å²) in [4.78, 5) is 13.4. The first-order chi connectivity index (χ1) is 13.2. The molecule has 1 aliphatic heterocycles. The topological polar surface area (TPSA) is 43.9 Å². The highest BCUT2D eigenvalue weighted by atomic mass is 16.5. The van der Waals surface area contributed by atoms with Crippen molar-refractivity contribution in [1.29, 1.82) is 0 Å². The molecule has 4 rings (SSSR count). The zero-order valence-corrected chi connectivity index (χ0v) is 16.0. The largest absolute Gasteiger partial charge is 0.445 e. The molecule has 4 heteroatoms. The van der Waals surface area contributed by atoms with Gasteiger partial charge in [0.15, 0.2) is 5.58 Å². The number of hydrogen-bond acceptors (Lipinski definition) is 3. The zero-order chi connectivity index (χ0) is 18.8. The summed E-state index contributed by atoms with van der Waals surface area (Å²) >= 11 is 0. The predicted octanol–water partition coefficient (Wildman–Crippen LogP) is 3.28. The molecule has 0 aliphatic carbocycles. The van der Waals surface area contributed by atoms with E-state index < -0.39 is 0 Å². The van der Waals surface area contributed by atoms with E-state index in [9.17, 15) is 4.79 Å². The summed E-state index contributed by atoms with van der Waals surface area (Å²) in [6.45, 7) is 6.79. The maximum atomic E-state index is 12.1. The summed E-state index contributed by atoms with van der Waals surface area (Å²) in [7, 11) is 0. The number of aryl methyl sites for hydroxylation is 1. The Labute approximate surface area is 159 Å². The molecule has 4 nitrogen and oxygen atoms in total. The molecular weight excluding hydrogens is 338 g/mol. The molecule has 2 heterocycles. The van der Waals surface area contributed by atoms with Crippen LogP contribution in [0.5, 0.6) is 5.75 Å². The Morgan fingerprint density at radius 3 is 2.74 bits per heavy atom. The van der Waals surface area contributed by atoms with Crippen molar-refractivity contribution in [2.24, 2.45) is 0 Å². The van der Waals surface area contributed by atoms with Gasteiger partial charge in [0, 0.05) is 17.4 Å². The van der Waals surface area contributed by atoms with Gasteiger partial charge >= 0.3 is 5.63 Å². The summed E-state index contributed by atoms with van der Waals surface area (Å²) in [6, 6.07) is 16.2. The van der Waals surface area contributed by atoms with Crippen LogP contribution in [0.2, 0.25) is 0 Å². The molecule has 2 atom stereocenters. The number of fused-ring (bicyclic) bond motifs is 3. The Balaban J connectivity index is 1.65. The molecule has 0 fully saturated rings. The first-order valence-corrected chi connectivity index (χ1v) is 9.75. The zero-order valence-electron chi connectivity index (χ0n) is 16.0. The molecule has 140 valence electrons. The van der Waals surface area contributed by atoms with Gasteiger partial charge in [-0.1, -0.05) is 50.6 Å². The van der Waals surface area contributed by atoms with Gasteiger partial charge in [0.2, 0.25) is 6.73 Å². The first-order valence-electron chi connectivity index (χ1n) is 9.75. The molecule has 0 saturated carbocycles. The predicted molar refractivity (Wildman–Crippen MR) is 106 cm³/mol. The minimum Gasteiger partial charge on any atom is -0.445 e. The van der Waals surface area contributed by atoms with E-state index in [0.29, 0.717) is 18.2 Å². The fourth-order valence-corrected chi connectivity index (χ4v) is 4.05. The van der Waals surface area contributed by atoms with Crippen LogP contribution in [-0.2, 0) is 13.0 Å². The van der Waals surface area contributed by atoms with Gasteiger partial charge in [-0.05, 0) is 29.7 Å². The number of quaternary nitrogens is 1. The summed E-state index contributed by atoms with van der Waals surface area (Å²) < 4.78 is 11.7. The smallest absolute Gasteiger partial charge is 0.336 e. The lowest BCUT2D eigenvalue weighted by Crippen LogP contribution is -3.12. The van der Waals surface area contributed by atoms with Crippen molar-refractivity contribution in [2.45, 2.75) is 39.2 Å². The highest BCUT2D eigenvalue weighted by molar-refractivity contribution is 5.85. The van der Waals surface area contributed by atoms with E-state index >= 15 is 0 Å². The molecule has 0 radical (unpaired) electrons. The van der Waals surface area contributed by atoms with Crippen molar-refractivity contribution >= 4 is 11.0 Å². The number of nitrogens with one attached hydrogen (secondary N) is 1. The highest BCUT2D eigenvalue weighted by Crippen LogP contribution is 2.30. The normalized spacial score (nSPS) is 17.3. The monoisotopic (exact) mass is 364 g/mol. The van der Waals surface area contributed by atoms with Crippen LogP contribution >= 0.6 is 0 Å². The molecule has 3 aromatic rings. The molecule has 1 unspecified atom stereocenters. The second kappa shape index (κ2) is 7.57. The third-order valence-corrected chi connectivity index (χ3v) is 5.40. The average molecular weight is 364 g/mol. The molecule has 1 N–H and O–H groups in total. The maximum absolute atomic E-state index is 12.1. The lowest BCUT2D eigenvalue weighted by atomic mass is 9.99. The van der Waals surface area contributed by atoms with Crippen LogP contribution in [-0.4, -0.2) is 13.3 Å². The van der Waals surface area contributed by atoms with Gasteiger partial charge in [-0.3, -0.25) is 4.90 Å². The Hall–Kier alpha value is -2.59. The van der Waals surface area contributed by atoms with Crippen LogP contribution in [0, 0.1) is 0 Å². The summed E-state index contributed by atoms with van der Waals surface area (Å²) in [5, 5.41) is 1.04. The van der Waals surface area contributed by atoms with Gasteiger partial charge in [-0.25, -0.2) is 4.79 Å². The lowest BCUT2D eigenvalue weighted by Gasteiger charge is -2.28.